The summed E-state index contributed by atoms with van der Waals surface area (Å²) < 4.78 is 7.40. The van der Waals surface area contributed by atoms with Gasteiger partial charge in [-0.05, 0) is 12.5 Å². The molecule has 0 spiro atoms. The Labute approximate surface area is 106 Å². The van der Waals surface area contributed by atoms with Crippen molar-refractivity contribution < 1.29 is 4.74 Å². The molecule has 0 aliphatic rings. The number of aromatic nitrogens is 3. The van der Waals surface area contributed by atoms with Crippen LogP contribution < -0.4 is 5.32 Å². The predicted molar refractivity (Wildman–Crippen MR) is 72.6 cm³/mol. The van der Waals surface area contributed by atoms with Gasteiger partial charge in [0.1, 0.15) is 5.52 Å². The van der Waals surface area contributed by atoms with Crippen molar-refractivity contribution >= 4 is 16.9 Å². The summed E-state index contributed by atoms with van der Waals surface area (Å²) in [6, 6.07) is 1.95. The van der Waals surface area contributed by atoms with Crippen molar-refractivity contribution in [1.29, 1.82) is 0 Å². The van der Waals surface area contributed by atoms with Gasteiger partial charge in [-0.15, -0.1) is 6.58 Å². The van der Waals surface area contributed by atoms with Crippen molar-refractivity contribution in [1.82, 2.24) is 14.5 Å². The second kappa shape index (κ2) is 6.16. The lowest BCUT2D eigenvalue weighted by Crippen LogP contribution is -2.11. The highest BCUT2D eigenvalue weighted by atomic mass is 16.5. The van der Waals surface area contributed by atoms with Crippen molar-refractivity contribution in [3.8, 4) is 0 Å². The summed E-state index contributed by atoms with van der Waals surface area (Å²) in [6.45, 7) is 5.73. The molecule has 0 unspecified atom stereocenters. The first-order valence-electron chi connectivity index (χ1n) is 6.01. The number of aryl methyl sites for hydroxylation is 1. The number of imidazole rings is 1. The van der Waals surface area contributed by atoms with Crippen molar-refractivity contribution in [2.24, 2.45) is 7.05 Å². The number of hydrogen-bond acceptors (Lipinski definition) is 4. The van der Waals surface area contributed by atoms with Crippen LogP contribution in [0, 0.1) is 0 Å². The highest BCUT2D eigenvalue weighted by Gasteiger charge is 2.05. The van der Waals surface area contributed by atoms with Gasteiger partial charge in [0, 0.05) is 19.8 Å². The molecule has 0 amide bonds. The lowest BCUT2D eigenvalue weighted by molar-refractivity contribution is 0.149. The molecule has 0 fully saturated rings. The Kier molecular flexibility index (Phi) is 4.30. The molecule has 5 heteroatoms. The fourth-order valence-electron chi connectivity index (χ4n) is 1.70. The third-order valence-electron chi connectivity index (χ3n) is 2.65. The van der Waals surface area contributed by atoms with Gasteiger partial charge in [-0.3, -0.25) is 0 Å². The summed E-state index contributed by atoms with van der Waals surface area (Å²) in [5, 5.41) is 3.24. The highest BCUT2D eigenvalue weighted by molar-refractivity contribution is 5.85. The van der Waals surface area contributed by atoms with E-state index >= 15 is 0 Å². The minimum absolute atomic E-state index is 0.652. The molecule has 0 atom stereocenters. The summed E-state index contributed by atoms with van der Waals surface area (Å²) in [7, 11) is 1.97. The van der Waals surface area contributed by atoms with E-state index in [1.54, 1.807) is 12.5 Å². The number of anilines is 1. The molecule has 2 rings (SSSR count). The maximum Gasteiger partial charge on any atom is 0.154 e. The van der Waals surface area contributed by atoms with E-state index in [2.05, 4.69) is 21.9 Å². The topological polar surface area (TPSA) is 52.0 Å². The van der Waals surface area contributed by atoms with Crippen LogP contribution in [0.25, 0.3) is 11.0 Å². The quantitative estimate of drug-likeness (QED) is 0.599. The zero-order chi connectivity index (χ0) is 12.8. The van der Waals surface area contributed by atoms with E-state index in [-0.39, 0.29) is 0 Å². The summed E-state index contributed by atoms with van der Waals surface area (Å²) >= 11 is 0. The number of nitrogens with one attached hydrogen (secondary N) is 1. The lowest BCUT2D eigenvalue weighted by Gasteiger charge is -2.06. The molecule has 96 valence electrons. The average molecular weight is 246 g/mol. The van der Waals surface area contributed by atoms with Gasteiger partial charge in [0.05, 0.1) is 25.1 Å². The maximum atomic E-state index is 5.43. The van der Waals surface area contributed by atoms with Crippen LogP contribution in [-0.4, -0.2) is 34.3 Å². The smallest absolute Gasteiger partial charge is 0.154 e. The standard InChI is InChI=1S/C13H18N4O/c1-3-4-8-18-9-7-15-13-12-11(5-6-14-13)17(2)10-16-12/h3,5-6,10H,1,4,7-9H2,2H3,(H,14,15). The zero-order valence-corrected chi connectivity index (χ0v) is 10.6. The molecular formula is C13H18N4O. The predicted octanol–water partition coefficient (Wildman–Crippen LogP) is 1.97. The van der Waals surface area contributed by atoms with Gasteiger partial charge in [-0.1, -0.05) is 6.08 Å². The van der Waals surface area contributed by atoms with Crippen molar-refractivity contribution in [2.45, 2.75) is 6.42 Å². The molecule has 2 aromatic rings. The lowest BCUT2D eigenvalue weighted by atomic mass is 10.4. The first kappa shape index (κ1) is 12.6. The van der Waals surface area contributed by atoms with E-state index in [1.807, 2.05) is 23.8 Å². The molecule has 0 aliphatic heterocycles. The van der Waals surface area contributed by atoms with Crippen molar-refractivity contribution in [2.75, 3.05) is 25.1 Å². The number of nitrogens with zero attached hydrogens (tertiary/aromatic N) is 3. The monoisotopic (exact) mass is 246 g/mol. The fraction of sp³-hybridized carbons (Fsp3) is 0.385. The molecule has 1 N–H and O–H groups in total. The first-order chi connectivity index (χ1) is 8.83. The van der Waals surface area contributed by atoms with E-state index in [0.717, 1.165) is 29.8 Å². The van der Waals surface area contributed by atoms with Crippen LogP contribution in [0.3, 0.4) is 0 Å². The Hall–Kier alpha value is -1.88. The SMILES string of the molecule is C=CCCOCCNc1nccc2c1ncn2C. The molecule has 0 aliphatic carbocycles. The Bertz CT molecular complexity index is 521. The third kappa shape index (κ3) is 2.87. The van der Waals surface area contributed by atoms with E-state index in [1.165, 1.54) is 0 Å². The van der Waals surface area contributed by atoms with Gasteiger partial charge in [0.15, 0.2) is 5.82 Å². The Morgan fingerprint density at radius 3 is 3.17 bits per heavy atom. The van der Waals surface area contributed by atoms with E-state index in [0.29, 0.717) is 13.2 Å². The molecule has 0 bridgehead atoms. The number of ether oxygens (including phenoxy) is 1. The van der Waals surface area contributed by atoms with Crippen LogP contribution in [0.5, 0.6) is 0 Å². The molecule has 2 heterocycles. The van der Waals surface area contributed by atoms with Gasteiger partial charge < -0.3 is 14.6 Å². The van der Waals surface area contributed by atoms with Crippen molar-refractivity contribution in [3.63, 3.8) is 0 Å². The fourth-order valence-corrected chi connectivity index (χ4v) is 1.70. The molecule has 0 saturated heterocycles. The minimum Gasteiger partial charge on any atom is -0.379 e. The second-order valence-electron chi connectivity index (χ2n) is 4.00. The maximum absolute atomic E-state index is 5.43. The Morgan fingerprint density at radius 1 is 1.44 bits per heavy atom. The molecule has 0 aromatic carbocycles. The summed E-state index contributed by atoms with van der Waals surface area (Å²) in [5.41, 5.74) is 1.96. The molecule has 0 radical (unpaired) electrons. The highest BCUT2D eigenvalue weighted by Crippen LogP contribution is 2.17. The van der Waals surface area contributed by atoms with Gasteiger partial charge >= 0.3 is 0 Å². The van der Waals surface area contributed by atoms with E-state index < -0.39 is 0 Å². The van der Waals surface area contributed by atoms with Crippen LogP contribution in [0.15, 0.2) is 31.2 Å². The summed E-state index contributed by atoms with van der Waals surface area (Å²) in [6.07, 6.45) is 6.31. The largest absolute Gasteiger partial charge is 0.379 e. The van der Waals surface area contributed by atoms with Crippen LogP contribution in [0.4, 0.5) is 5.82 Å². The Morgan fingerprint density at radius 2 is 2.33 bits per heavy atom. The minimum atomic E-state index is 0.652. The van der Waals surface area contributed by atoms with Crippen LogP contribution in [0.1, 0.15) is 6.42 Å². The second-order valence-corrected chi connectivity index (χ2v) is 4.00. The van der Waals surface area contributed by atoms with Gasteiger partial charge in [0.2, 0.25) is 0 Å². The third-order valence-corrected chi connectivity index (χ3v) is 2.65. The summed E-state index contributed by atoms with van der Waals surface area (Å²) in [5.74, 6) is 0.806. The van der Waals surface area contributed by atoms with E-state index in [9.17, 15) is 0 Å². The van der Waals surface area contributed by atoms with Crippen LogP contribution in [0.2, 0.25) is 0 Å². The van der Waals surface area contributed by atoms with Gasteiger partial charge in [-0.2, -0.15) is 0 Å². The van der Waals surface area contributed by atoms with Crippen molar-refractivity contribution in [3.05, 3.63) is 31.2 Å². The number of rotatable bonds is 7. The Balaban J connectivity index is 1.89. The van der Waals surface area contributed by atoms with Crippen LogP contribution in [-0.2, 0) is 11.8 Å². The first-order valence-corrected chi connectivity index (χ1v) is 6.01. The molecule has 18 heavy (non-hydrogen) atoms. The van der Waals surface area contributed by atoms with E-state index in [4.69, 9.17) is 4.74 Å². The summed E-state index contributed by atoms with van der Waals surface area (Å²) in [4.78, 5) is 8.63. The molecule has 0 saturated carbocycles. The normalized spacial score (nSPS) is 10.7. The number of hydrogen-bond donors (Lipinski definition) is 1. The van der Waals surface area contributed by atoms with Gasteiger partial charge in [-0.25, -0.2) is 9.97 Å². The molecule has 5 nitrogen and oxygen atoms in total. The molecular weight excluding hydrogens is 228 g/mol. The van der Waals surface area contributed by atoms with Crippen LogP contribution >= 0.6 is 0 Å². The van der Waals surface area contributed by atoms with Gasteiger partial charge in [0.25, 0.3) is 0 Å². The zero-order valence-electron chi connectivity index (χ0n) is 10.6. The number of fused-ring (bicyclic) bond motifs is 1. The number of pyridine rings is 1. The molecule has 2 aromatic heterocycles. The average Bonchev–Trinajstić information content (AvgIpc) is 2.77.